The Hall–Kier alpha value is -0.380. The van der Waals surface area contributed by atoms with Crippen molar-refractivity contribution in [3.63, 3.8) is 0 Å². The van der Waals surface area contributed by atoms with Crippen molar-refractivity contribution in [1.82, 2.24) is 0 Å². The number of hydrogen-bond donors (Lipinski definition) is 0. The zero-order valence-electron chi connectivity index (χ0n) is 6.65. The SMILES string of the molecule is O=[N+]([O-])c1ccccc1.[H-].[Na+]. The van der Waals surface area contributed by atoms with E-state index in [2.05, 4.69) is 0 Å². The van der Waals surface area contributed by atoms with Gasteiger partial charge >= 0.3 is 29.6 Å². The van der Waals surface area contributed by atoms with Crippen molar-refractivity contribution in [3.05, 3.63) is 40.4 Å². The third kappa shape index (κ3) is 2.47. The maximum Gasteiger partial charge on any atom is 1.00 e. The second-order valence-corrected chi connectivity index (χ2v) is 1.59. The maximum atomic E-state index is 10.0. The van der Waals surface area contributed by atoms with E-state index in [-0.39, 0.29) is 36.7 Å². The number of para-hydroxylation sites is 1. The minimum Gasteiger partial charge on any atom is -1.00 e. The molecule has 1 aromatic rings. The number of hydrogen-bond acceptors (Lipinski definition) is 2. The molecule has 0 N–H and O–H groups in total. The van der Waals surface area contributed by atoms with Crippen molar-refractivity contribution in [3.8, 4) is 0 Å². The van der Waals surface area contributed by atoms with Crippen LogP contribution in [0.1, 0.15) is 1.43 Å². The molecule has 0 fully saturated rings. The summed E-state index contributed by atoms with van der Waals surface area (Å²) < 4.78 is 0. The molecule has 0 aliphatic heterocycles. The first kappa shape index (κ1) is 9.62. The summed E-state index contributed by atoms with van der Waals surface area (Å²) in [5.74, 6) is 0. The van der Waals surface area contributed by atoms with Gasteiger partial charge in [-0.05, 0) is 0 Å². The van der Waals surface area contributed by atoms with Crippen LogP contribution in [0.2, 0.25) is 0 Å². The fourth-order valence-electron chi connectivity index (χ4n) is 0.550. The molecule has 0 amide bonds. The number of nitro groups is 1. The van der Waals surface area contributed by atoms with Gasteiger partial charge < -0.3 is 1.43 Å². The zero-order valence-corrected chi connectivity index (χ0v) is 7.65. The van der Waals surface area contributed by atoms with E-state index in [1.807, 2.05) is 0 Å². The molecule has 48 valence electrons. The minimum absolute atomic E-state index is 0. The first-order valence-corrected chi connectivity index (χ1v) is 2.50. The van der Waals surface area contributed by atoms with Crippen LogP contribution in [0.15, 0.2) is 30.3 Å². The minimum atomic E-state index is -0.417. The summed E-state index contributed by atoms with van der Waals surface area (Å²) in [7, 11) is 0. The van der Waals surface area contributed by atoms with Crippen LogP contribution in [0.5, 0.6) is 0 Å². The molecule has 1 rings (SSSR count). The van der Waals surface area contributed by atoms with Gasteiger partial charge in [0.2, 0.25) is 0 Å². The van der Waals surface area contributed by atoms with E-state index in [1.165, 1.54) is 12.1 Å². The average molecular weight is 147 g/mol. The van der Waals surface area contributed by atoms with Crippen molar-refractivity contribution in [2.75, 3.05) is 0 Å². The molecular weight excluding hydrogens is 141 g/mol. The Labute approximate surface area is 82.0 Å². The molecule has 0 atom stereocenters. The van der Waals surface area contributed by atoms with E-state index in [4.69, 9.17) is 0 Å². The van der Waals surface area contributed by atoms with Crippen molar-refractivity contribution >= 4 is 5.69 Å². The molecule has 0 saturated carbocycles. The molecule has 10 heavy (non-hydrogen) atoms. The Morgan fingerprint density at radius 3 is 2.10 bits per heavy atom. The van der Waals surface area contributed by atoms with Gasteiger partial charge in [0.05, 0.1) is 4.92 Å². The Morgan fingerprint density at radius 1 is 1.30 bits per heavy atom. The van der Waals surface area contributed by atoms with Gasteiger partial charge in [0.15, 0.2) is 0 Å². The zero-order chi connectivity index (χ0) is 6.69. The summed E-state index contributed by atoms with van der Waals surface area (Å²) in [6, 6.07) is 7.93. The van der Waals surface area contributed by atoms with E-state index in [9.17, 15) is 10.1 Å². The molecule has 0 aromatic heterocycles. The average Bonchev–Trinajstić information content (AvgIpc) is 1.90. The summed E-state index contributed by atoms with van der Waals surface area (Å²) in [5.41, 5.74) is 0.137. The second kappa shape index (κ2) is 4.44. The van der Waals surface area contributed by atoms with Crippen molar-refractivity contribution in [1.29, 1.82) is 0 Å². The van der Waals surface area contributed by atoms with Crippen molar-refractivity contribution in [2.45, 2.75) is 0 Å². The van der Waals surface area contributed by atoms with Crippen LogP contribution >= 0.6 is 0 Å². The molecule has 0 aliphatic rings. The molecule has 1 aromatic carbocycles. The summed E-state index contributed by atoms with van der Waals surface area (Å²) in [5, 5.41) is 10.0. The Bertz CT molecular complexity index is 217. The van der Waals surface area contributed by atoms with Gasteiger partial charge in [-0.3, -0.25) is 10.1 Å². The van der Waals surface area contributed by atoms with Crippen LogP contribution in [0.4, 0.5) is 5.69 Å². The molecule has 3 nitrogen and oxygen atoms in total. The number of nitrogens with zero attached hydrogens (tertiary/aromatic N) is 1. The van der Waals surface area contributed by atoms with Crippen LogP contribution in [-0.2, 0) is 0 Å². The summed E-state index contributed by atoms with van der Waals surface area (Å²) >= 11 is 0. The van der Waals surface area contributed by atoms with E-state index >= 15 is 0 Å². The molecular formula is C6H6NNaO2. The van der Waals surface area contributed by atoms with Gasteiger partial charge in [-0.2, -0.15) is 0 Å². The fraction of sp³-hybridized carbons (Fsp3) is 0. The smallest absolute Gasteiger partial charge is 1.00 e. The monoisotopic (exact) mass is 147 g/mol. The van der Waals surface area contributed by atoms with Crippen LogP contribution in [-0.4, -0.2) is 4.92 Å². The second-order valence-electron chi connectivity index (χ2n) is 1.59. The first-order chi connectivity index (χ1) is 4.30. The Morgan fingerprint density at radius 2 is 1.80 bits per heavy atom. The van der Waals surface area contributed by atoms with Crippen LogP contribution in [0.25, 0.3) is 0 Å². The topological polar surface area (TPSA) is 43.1 Å². The van der Waals surface area contributed by atoms with Gasteiger partial charge in [0.25, 0.3) is 5.69 Å². The summed E-state index contributed by atoms with van der Waals surface area (Å²) in [6.45, 7) is 0. The largest absolute Gasteiger partial charge is 1.00 e. The third-order valence-electron chi connectivity index (χ3n) is 0.967. The maximum absolute atomic E-state index is 10.0. The predicted molar refractivity (Wildman–Crippen MR) is 34.2 cm³/mol. The fourth-order valence-corrected chi connectivity index (χ4v) is 0.550. The molecule has 4 heteroatoms. The van der Waals surface area contributed by atoms with Crippen molar-refractivity contribution in [2.24, 2.45) is 0 Å². The molecule has 0 saturated heterocycles. The molecule has 0 radical (unpaired) electrons. The summed E-state index contributed by atoms with van der Waals surface area (Å²) in [4.78, 5) is 9.59. The number of nitro benzene ring substituents is 1. The van der Waals surface area contributed by atoms with Crippen LogP contribution in [0.3, 0.4) is 0 Å². The van der Waals surface area contributed by atoms with Gasteiger partial charge in [-0.15, -0.1) is 0 Å². The standard InChI is InChI=1S/C6H5NO2.Na.H/c8-7(9)6-4-2-1-3-5-6;;/h1-5H;;/q;+1;-1. The Kier molecular flexibility index (Phi) is 4.27. The van der Waals surface area contributed by atoms with Gasteiger partial charge in [-0.25, -0.2) is 0 Å². The molecule has 0 bridgehead atoms. The number of non-ortho nitro benzene ring substituents is 1. The van der Waals surface area contributed by atoms with Crippen LogP contribution in [0, 0.1) is 10.1 Å². The molecule has 0 heterocycles. The predicted octanol–water partition coefficient (Wildman–Crippen LogP) is -1.29. The van der Waals surface area contributed by atoms with E-state index in [0.717, 1.165) is 0 Å². The summed E-state index contributed by atoms with van der Waals surface area (Å²) in [6.07, 6.45) is 0. The first-order valence-electron chi connectivity index (χ1n) is 2.50. The van der Waals surface area contributed by atoms with Gasteiger partial charge in [0, 0.05) is 12.1 Å². The number of rotatable bonds is 1. The third-order valence-corrected chi connectivity index (χ3v) is 0.967. The molecule has 0 unspecified atom stereocenters. The quantitative estimate of drug-likeness (QED) is 0.282. The van der Waals surface area contributed by atoms with Gasteiger partial charge in [0.1, 0.15) is 0 Å². The molecule has 0 aliphatic carbocycles. The normalized spacial score (nSPS) is 8.00. The number of benzene rings is 1. The van der Waals surface area contributed by atoms with E-state index in [1.54, 1.807) is 18.2 Å². The van der Waals surface area contributed by atoms with Crippen LogP contribution < -0.4 is 29.6 Å². The van der Waals surface area contributed by atoms with E-state index in [0.29, 0.717) is 0 Å². The molecule has 0 spiro atoms. The van der Waals surface area contributed by atoms with Crippen molar-refractivity contribution < 1.29 is 35.9 Å². The van der Waals surface area contributed by atoms with E-state index < -0.39 is 4.92 Å². The Balaban J connectivity index is 0. The van der Waals surface area contributed by atoms with Gasteiger partial charge in [-0.1, -0.05) is 18.2 Å².